The molecule has 2 aromatic rings. The lowest BCUT2D eigenvalue weighted by Crippen LogP contribution is -2.08. The van der Waals surface area contributed by atoms with Crippen LogP contribution in [-0.4, -0.2) is 20.2 Å². The lowest BCUT2D eigenvalue weighted by atomic mass is 10.1. The molecule has 0 radical (unpaired) electrons. The van der Waals surface area contributed by atoms with Crippen LogP contribution in [0.1, 0.15) is 15.9 Å². The minimum absolute atomic E-state index is 0.423. The van der Waals surface area contributed by atoms with Crippen LogP contribution in [0.15, 0.2) is 45.8 Å². The normalized spacial score (nSPS) is 10.4. The van der Waals surface area contributed by atoms with Gasteiger partial charge in [0.25, 0.3) is 0 Å². The van der Waals surface area contributed by atoms with E-state index in [4.69, 9.17) is 21.1 Å². The lowest BCUT2D eigenvalue weighted by molar-refractivity contribution is 0.0596. The largest absolute Gasteiger partial charge is 0.495 e. The van der Waals surface area contributed by atoms with E-state index < -0.39 is 5.97 Å². The molecule has 0 aliphatic carbocycles. The second kappa shape index (κ2) is 7.90. The fraction of sp³-hybridized carbons (Fsp3) is 0.188. The Labute approximate surface area is 147 Å². The molecular formula is C16H14BrClO3S. The molecule has 0 heterocycles. The van der Waals surface area contributed by atoms with Gasteiger partial charge in [-0.3, -0.25) is 0 Å². The average molecular weight is 402 g/mol. The molecule has 0 atom stereocenters. The molecule has 2 rings (SSSR count). The molecule has 0 spiro atoms. The number of methoxy groups -OCH3 is 2. The van der Waals surface area contributed by atoms with Crippen LogP contribution in [0, 0.1) is 0 Å². The highest BCUT2D eigenvalue weighted by Gasteiger charge is 2.20. The van der Waals surface area contributed by atoms with Crippen molar-refractivity contribution in [3.8, 4) is 5.75 Å². The highest BCUT2D eigenvalue weighted by atomic mass is 79.9. The van der Waals surface area contributed by atoms with Gasteiger partial charge in [-0.1, -0.05) is 29.8 Å². The molecule has 0 aliphatic rings. The van der Waals surface area contributed by atoms with Gasteiger partial charge in [0.05, 0.1) is 23.7 Å². The van der Waals surface area contributed by atoms with Gasteiger partial charge >= 0.3 is 5.97 Å². The van der Waals surface area contributed by atoms with Crippen LogP contribution in [0.4, 0.5) is 0 Å². The van der Waals surface area contributed by atoms with Crippen LogP contribution >= 0.6 is 39.3 Å². The molecule has 22 heavy (non-hydrogen) atoms. The van der Waals surface area contributed by atoms with E-state index in [-0.39, 0.29) is 0 Å². The van der Waals surface area contributed by atoms with Crippen molar-refractivity contribution in [1.29, 1.82) is 0 Å². The summed E-state index contributed by atoms with van der Waals surface area (Å²) < 4.78 is 10.9. The number of benzene rings is 2. The van der Waals surface area contributed by atoms with E-state index in [1.165, 1.54) is 14.2 Å². The summed E-state index contributed by atoms with van der Waals surface area (Å²) in [5.41, 5.74) is 1.26. The first-order valence-corrected chi connectivity index (χ1v) is 8.55. The molecule has 0 saturated heterocycles. The second-order valence-electron chi connectivity index (χ2n) is 4.33. The van der Waals surface area contributed by atoms with E-state index in [0.29, 0.717) is 26.6 Å². The molecular weight excluding hydrogens is 388 g/mol. The van der Waals surface area contributed by atoms with Crippen molar-refractivity contribution >= 4 is 45.3 Å². The molecule has 3 nitrogen and oxygen atoms in total. The SMILES string of the molecule is COC(=O)c1c(CSc2ccccc2Cl)ccc(Br)c1OC. The maximum atomic E-state index is 12.1. The molecule has 2 aromatic carbocycles. The number of carbonyl (C=O) groups excluding carboxylic acids is 1. The number of esters is 1. The predicted molar refractivity (Wildman–Crippen MR) is 93.0 cm³/mol. The molecule has 0 fully saturated rings. The molecule has 0 aliphatic heterocycles. The van der Waals surface area contributed by atoms with Crippen molar-refractivity contribution < 1.29 is 14.3 Å². The van der Waals surface area contributed by atoms with E-state index in [0.717, 1.165) is 10.5 Å². The third-order valence-corrected chi connectivity index (χ3v) is 5.20. The van der Waals surface area contributed by atoms with E-state index in [1.54, 1.807) is 11.8 Å². The Bertz CT molecular complexity index is 691. The molecule has 0 unspecified atom stereocenters. The van der Waals surface area contributed by atoms with Crippen molar-refractivity contribution in [2.24, 2.45) is 0 Å². The number of thioether (sulfide) groups is 1. The zero-order chi connectivity index (χ0) is 16.1. The highest BCUT2D eigenvalue weighted by molar-refractivity contribution is 9.10. The molecule has 0 bridgehead atoms. The van der Waals surface area contributed by atoms with Crippen molar-refractivity contribution in [3.63, 3.8) is 0 Å². The van der Waals surface area contributed by atoms with Gasteiger partial charge in [-0.15, -0.1) is 11.8 Å². The smallest absolute Gasteiger partial charge is 0.342 e. The summed E-state index contributed by atoms with van der Waals surface area (Å²) in [7, 11) is 2.88. The van der Waals surface area contributed by atoms with Crippen molar-refractivity contribution in [2.45, 2.75) is 10.6 Å². The summed E-state index contributed by atoms with van der Waals surface area (Å²) in [6.07, 6.45) is 0. The monoisotopic (exact) mass is 400 g/mol. The van der Waals surface area contributed by atoms with E-state index in [2.05, 4.69) is 15.9 Å². The number of rotatable bonds is 5. The Balaban J connectivity index is 2.34. The summed E-state index contributed by atoms with van der Waals surface area (Å²) in [6.45, 7) is 0. The molecule has 0 aromatic heterocycles. The maximum absolute atomic E-state index is 12.1. The summed E-state index contributed by atoms with van der Waals surface area (Å²) >= 11 is 11.1. The average Bonchev–Trinajstić information content (AvgIpc) is 2.53. The van der Waals surface area contributed by atoms with Gasteiger partial charge in [-0.2, -0.15) is 0 Å². The fourth-order valence-corrected chi connectivity index (χ4v) is 3.68. The van der Waals surface area contributed by atoms with Gasteiger partial charge < -0.3 is 9.47 Å². The van der Waals surface area contributed by atoms with Gasteiger partial charge in [-0.05, 0) is 39.7 Å². The zero-order valence-corrected chi connectivity index (χ0v) is 15.2. The van der Waals surface area contributed by atoms with Crippen molar-refractivity contribution in [2.75, 3.05) is 14.2 Å². The molecule has 6 heteroatoms. The quantitative estimate of drug-likeness (QED) is 0.510. The van der Waals surface area contributed by atoms with Gasteiger partial charge in [0.2, 0.25) is 0 Å². The van der Waals surface area contributed by atoms with Crippen LogP contribution < -0.4 is 4.74 Å². The Kier molecular flexibility index (Phi) is 6.17. The minimum Gasteiger partial charge on any atom is -0.495 e. The summed E-state index contributed by atoms with van der Waals surface area (Å²) in [5, 5.41) is 0.691. The Hall–Kier alpha value is -1.17. The van der Waals surface area contributed by atoms with E-state index in [9.17, 15) is 4.79 Å². The number of halogens is 2. The number of ether oxygens (including phenoxy) is 2. The third kappa shape index (κ3) is 3.77. The summed E-state index contributed by atoms with van der Waals surface area (Å²) in [4.78, 5) is 13.0. The Morgan fingerprint density at radius 1 is 1.23 bits per heavy atom. The van der Waals surface area contributed by atoms with Crippen LogP contribution in [0.25, 0.3) is 0 Å². The van der Waals surface area contributed by atoms with E-state index in [1.807, 2.05) is 36.4 Å². The first-order valence-electron chi connectivity index (χ1n) is 6.39. The first kappa shape index (κ1) is 17.2. The van der Waals surface area contributed by atoms with Crippen LogP contribution in [0.2, 0.25) is 5.02 Å². The predicted octanol–water partition coefficient (Wildman–Crippen LogP) is 5.19. The standard InChI is InChI=1S/C16H14BrClO3S/c1-20-15-11(17)8-7-10(14(15)16(19)21-2)9-22-13-6-4-3-5-12(13)18/h3-8H,9H2,1-2H3. The minimum atomic E-state index is -0.423. The van der Waals surface area contributed by atoms with Gasteiger partial charge in [0, 0.05) is 10.6 Å². The van der Waals surface area contributed by atoms with E-state index >= 15 is 0 Å². The number of hydrogen-bond acceptors (Lipinski definition) is 4. The fourth-order valence-electron chi connectivity index (χ4n) is 1.96. The van der Waals surface area contributed by atoms with Crippen molar-refractivity contribution in [1.82, 2.24) is 0 Å². The van der Waals surface area contributed by atoms with Crippen LogP contribution in [0.3, 0.4) is 0 Å². The maximum Gasteiger partial charge on any atom is 0.342 e. The number of hydrogen-bond donors (Lipinski definition) is 0. The van der Waals surface area contributed by atoms with Crippen LogP contribution in [-0.2, 0) is 10.5 Å². The Morgan fingerprint density at radius 3 is 2.59 bits per heavy atom. The molecule has 116 valence electrons. The third-order valence-electron chi connectivity index (χ3n) is 3.01. The van der Waals surface area contributed by atoms with Gasteiger partial charge in [-0.25, -0.2) is 4.79 Å². The second-order valence-corrected chi connectivity index (χ2v) is 6.60. The highest BCUT2D eigenvalue weighted by Crippen LogP contribution is 2.36. The molecule has 0 amide bonds. The topological polar surface area (TPSA) is 35.5 Å². The number of carbonyl (C=O) groups is 1. The first-order chi connectivity index (χ1) is 10.6. The van der Waals surface area contributed by atoms with Crippen molar-refractivity contribution in [3.05, 3.63) is 57.0 Å². The van der Waals surface area contributed by atoms with Gasteiger partial charge in [0.1, 0.15) is 11.3 Å². The Morgan fingerprint density at radius 2 is 1.95 bits per heavy atom. The lowest BCUT2D eigenvalue weighted by Gasteiger charge is -2.14. The molecule has 0 N–H and O–H groups in total. The van der Waals surface area contributed by atoms with Crippen LogP contribution in [0.5, 0.6) is 5.75 Å². The summed E-state index contributed by atoms with van der Waals surface area (Å²) in [6, 6.07) is 11.3. The molecule has 0 saturated carbocycles. The zero-order valence-electron chi connectivity index (χ0n) is 12.1. The summed E-state index contributed by atoms with van der Waals surface area (Å²) in [5.74, 6) is 0.634. The van der Waals surface area contributed by atoms with Gasteiger partial charge in [0.15, 0.2) is 0 Å².